The van der Waals surface area contributed by atoms with E-state index in [9.17, 15) is 18.0 Å². The molecule has 0 spiro atoms. The first-order valence-electron chi connectivity index (χ1n) is 8.12. The lowest BCUT2D eigenvalue weighted by atomic mass is 10.3. The SMILES string of the molecule is CC(C)NC(=O)Cn1c(=O)n(S(=O)(=O)c2ccccc2)c2ccccc21. The molecule has 8 heteroatoms. The molecule has 1 amide bonds. The Hall–Kier alpha value is -2.87. The van der Waals surface area contributed by atoms with E-state index in [1.54, 1.807) is 42.5 Å². The van der Waals surface area contributed by atoms with Crippen LogP contribution in [0.1, 0.15) is 13.8 Å². The van der Waals surface area contributed by atoms with Crippen molar-refractivity contribution in [2.45, 2.75) is 31.3 Å². The fourth-order valence-electron chi connectivity index (χ4n) is 2.77. The van der Waals surface area contributed by atoms with E-state index in [0.717, 1.165) is 3.97 Å². The third kappa shape index (κ3) is 3.15. The van der Waals surface area contributed by atoms with Crippen LogP contribution in [0.15, 0.2) is 64.3 Å². The number of nitrogens with zero attached hydrogens (tertiary/aromatic N) is 2. The van der Waals surface area contributed by atoms with Crippen molar-refractivity contribution < 1.29 is 13.2 Å². The molecule has 26 heavy (non-hydrogen) atoms. The van der Waals surface area contributed by atoms with Crippen LogP contribution in [0.25, 0.3) is 11.0 Å². The Kier molecular flexibility index (Phi) is 4.69. The van der Waals surface area contributed by atoms with Gasteiger partial charge in [0.25, 0.3) is 10.0 Å². The number of carbonyl (C=O) groups is 1. The van der Waals surface area contributed by atoms with Gasteiger partial charge in [-0.3, -0.25) is 9.36 Å². The molecule has 0 atom stereocenters. The van der Waals surface area contributed by atoms with Crippen LogP contribution in [0.4, 0.5) is 0 Å². The third-order valence-electron chi connectivity index (χ3n) is 3.83. The van der Waals surface area contributed by atoms with Crippen LogP contribution in [-0.4, -0.2) is 28.9 Å². The molecule has 3 rings (SSSR count). The summed E-state index contributed by atoms with van der Waals surface area (Å²) >= 11 is 0. The van der Waals surface area contributed by atoms with E-state index in [4.69, 9.17) is 0 Å². The molecular weight excluding hydrogens is 354 g/mol. The lowest BCUT2D eigenvalue weighted by Crippen LogP contribution is -2.37. The maximum absolute atomic E-state index is 13.0. The van der Waals surface area contributed by atoms with Gasteiger partial charge in [0.2, 0.25) is 5.91 Å². The number of para-hydroxylation sites is 2. The summed E-state index contributed by atoms with van der Waals surface area (Å²) in [5.41, 5.74) is -0.149. The average molecular weight is 373 g/mol. The Morgan fingerprint density at radius 3 is 2.19 bits per heavy atom. The molecule has 1 heterocycles. The molecule has 0 bridgehead atoms. The van der Waals surface area contributed by atoms with Crippen molar-refractivity contribution in [2.24, 2.45) is 0 Å². The smallest absolute Gasteiger partial charge is 0.343 e. The number of rotatable bonds is 5. The Labute approximate surface area is 150 Å². The van der Waals surface area contributed by atoms with Gasteiger partial charge in [-0.1, -0.05) is 30.3 Å². The lowest BCUT2D eigenvalue weighted by Gasteiger charge is -2.08. The van der Waals surface area contributed by atoms with Crippen molar-refractivity contribution in [2.75, 3.05) is 0 Å². The van der Waals surface area contributed by atoms with Gasteiger partial charge in [-0.05, 0) is 38.1 Å². The van der Waals surface area contributed by atoms with Gasteiger partial charge in [-0.2, -0.15) is 3.97 Å². The van der Waals surface area contributed by atoms with Gasteiger partial charge in [-0.25, -0.2) is 13.2 Å². The molecule has 0 fully saturated rings. The van der Waals surface area contributed by atoms with Crippen molar-refractivity contribution in [3.8, 4) is 0 Å². The standard InChI is InChI=1S/C18H19N3O4S/c1-13(2)19-17(22)12-20-15-10-6-7-11-16(15)21(18(20)23)26(24,25)14-8-4-3-5-9-14/h3-11,13H,12H2,1-2H3,(H,19,22). The highest BCUT2D eigenvalue weighted by atomic mass is 32.2. The summed E-state index contributed by atoms with van der Waals surface area (Å²) in [5.74, 6) is -0.359. The van der Waals surface area contributed by atoms with E-state index < -0.39 is 15.7 Å². The maximum atomic E-state index is 13.0. The molecular formula is C18H19N3O4S. The minimum absolute atomic E-state index is 0.0108. The molecule has 0 aliphatic rings. The van der Waals surface area contributed by atoms with Crippen LogP contribution >= 0.6 is 0 Å². The van der Waals surface area contributed by atoms with E-state index in [2.05, 4.69) is 5.32 Å². The number of carbonyl (C=O) groups excluding carboxylic acids is 1. The Balaban J connectivity index is 2.21. The van der Waals surface area contributed by atoms with Crippen molar-refractivity contribution in [3.05, 3.63) is 65.1 Å². The topological polar surface area (TPSA) is 90.2 Å². The fraction of sp³-hybridized carbons (Fsp3) is 0.222. The second kappa shape index (κ2) is 6.80. The van der Waals surface area contributed by atoms with Crippen molar-refractivity contribution in [3.63, 3.8) is 0 Å². The van der Waals surface area contributed by atoms with E-state index in [-0.39, 0.29) is 28.9 Å². The van der Waals surface area contributed by atoms with Gasteiger partial charge in [-0.15, -0.1) is 0 Å². The zero-order chi connectivity index (χ0) is 18.9. The zero-order valence-electron chi connectivity index (χ0n) is 14.4. The van der Waals surface area contributed by atoms with Gasteiger partial charge >= 0.3 is 5.69 Å². The first-order chi connectivity index (χ1) is 12.3. The zero-order valence-corrected chi connectivity index (χ0v) is 15.2. The monoisotopic (exact) mass is 373 g/mol. The highest BCUT2D eigenvalue weighted by Crippen LogP contribution is 2.19. The lowest BCUT2D eigenvalue weighted by molar-refractivity contribution is -0.122. The van der Waals surface area contributed by atoms with Gasteiger partial charge in [0.1, 0.15) is 6.54 Å². The summed E-state index contributed by atoms with van der Waals surface area (Å²) in [5, 5.41) is 2.71. The van der Waals surface area contributed by atoms with Crippen molar-refractivity contribution >= 4 is 27.0 Å². The summed E-state index contributed by atoms with van der Waals surface area (Å²) in [7, 11) is -4.08. The number of hydrogen-bond acceptors (Lipinski definition) is 4. The number of aromatic nitrogens is 2. The molecule has 0 unspecified atom stereocenters. The van der Waals surface area contributed by atoms with Crippen LogP contribution < -0.4 is 11.0 Å². The second-order valence-electron chi connectivity index (χ2n) is 6.16. The third-order valence-corrected chi connectivity index (χ3v) is 5.53. The first-order valence-corrected chi connectivity index (χ1v) is 9.56. The van der Waals surface area contributed by atoms with Crippen LogP contribution in [0.2, 0.25) is 0 Å². The molecule has 0 aliphatic carbocycles. The molecule has 2 aromatic carbocycles. The van der Waals surface area contributed by atoms with Gasteiger partial charge in [0.15, 0.2) is 0 Å². The van der Waals surface area contributed by atoms with E-state index in [1.165, 1.54) is 16.7 Å². The van der Waals surface area contributed by atoms with Crippen molar-refractivity contribution in [1.29, 1.82) is 0 Å². The van der Waals surface area contributed by atoms with Crippen LogP contribution in [0.3, 0.4) is 0 Å². The highest BCUT2D eigenvalue weighted by Gasteiger charge is 2.25. The molecule has 0 saturated heterocycles. The average Bonchev–Trinajstić information content (AvgIpc) is 2.87. The molecule has 1 aromatic heterocycles. The van der Waals surface area contributed by atoms with E-state index in [1.807, 2.05) is 13.8 Å². The minimum Gasteiger partial charge on any atom is -0.352 e. The largest absolute Gasteiger partial charge is 0.352 e. The molecule has 136 valence electrons. The fourth-order valence-corrected chi connectivity index (χ4v) is 4.20. The number of nitrogens with one attached hydrogen (secondary N) is 1. The summed E-state index contributed by atoms with van der Waals surface area (Å²) in [6, 6.07) is 14.2. The summed E-state index contributed by atoms with van der Waals surface area (Å²) in [6.45, 7) is 3.36. The van der Waals surface area contributed by atoms with Gasteiger partial charge in [0, 0.05) is 6.04 Å². The van der Waals surface area contributed by atoms with E-state index in [0.29, 0.717) is 5.52 Å². The van der Waals surface area contributed by atoms with Crippen LogP contribution in [0, 0.1) is 0 Å². The maximum Gasteiger partial charge on any atom is 0.343 e. The molecule has 3 aromatic rings. The minimum atomic E-state index is -4.08. The van der Waals surface area contributed by atoms with Crippen LogP contribution in [-0.2, 0) is 21.4 Å². The Morgan fingerprint density at radius 2 is 1.58 bits per heavy atom. The quantitative estimate of drug-likeness (QED) is 0.735. The molecule has 1 N–H and O–H groups in total. The predicted molar refractivity (Wildman–Crippen MR) is 98.5 cm³/mol. The molecule has 7 nitrogen and oxygen atoms in total. The summed E-state index contributed by atoms with van der Waals surface area (Å²) in [6.07, 6.45) is 0. The molecule has 0 aliphatic heterocycles. The van der Waals surface area contributed by atoms with Gasteiger partial charge < -0.3 is 5.32 Å². The number of fused-ring (bicyclic) bond motifs is 1. The van der Waals surface area contributed by atoms with Crippen LogP contribution in [0.5, 0.6) is 0 Å². The predicted octanol–water partition coefficient (Wildman–Crippen LogP) is 1.56. The number of benzene rings is 2. The first kappa shape index (κ1) is 17.9. The van der Waals surface area contributed by atoms with Gasteiger partial charge in [0.05, 0.1) is 15.9 Å². The Morgan fingerprint density at radius 1 is 1.00 bits per heavy atom. The summed E-state index contributed by atoms with van der Waals surface area (Å²) < 4.78 is 27.9. The number of imidazole rings is 1. The second-order valence-corrected chi connectivity index (χ2v) is 7.95. The normalized spacial score (nSPS) is 11.8. The summed E-state index contributed by atoms with van der Waals surface area (Å²) in [4.78, 5) is 25.0. The molecule has 0 saturated carbocycles. The number of amides is 1. The van der Waals surface area contributed by atoms with Crippen molar-refractivity contribution in [1.82, 2.24) is 13.9 Å². The van der Waals surface area contributed by atoms with E-state index >= 15 is 0 Å². The molecule has 0 radical (unpaired) electrons. The highest BCUT2D eigenvalue weighted by molar-refractivity contribution is 7.90. The number of hydrogen-bond donors (Lipinski definition) is 1. The Bertz CT molecular complexity index is 1110.